The highest BCUT2D eigenvalue weighted by Crippen LogP contribution is 2.53. The van der Waals surface area contributed by atoms with Crippen molar-refractivity contribution in [1.82, 2.24) is 25.0 Å². The predicted octanol–water partition coefficient (Wildman–Crippen LogP) is 3.26. The Morgan fingerprint density at radius 3 is 2.65 bits per heavy atom. The maximum Gasteiger partial charge on any atom is 0.151 e. The topological polar surface area (TPSA) is 46.0 Å². The normalized spacial score (nSPS) is 25.8. The molecule has 0 atom stereocenters. The van der Waals surface area contributed by atoms with E-state index >= 15 is 0 Å². The standard InChI is InChI=1S/C20H24ClN5/c1-19(4-5-19)25-9-13-6-15(21)2-3-16(13)26-17(10-25)23-24-18(26)14-7-20(8-14)11-22-12-20/h2-3,6,14,22H,4-5,7-12H2,1H3. The highest BCUT2D eigenvalue weighted by Gasteiger charge is 2.51. The molecule has 1 saturated heterocycles. The van der Waals surface area contributed by atoms with Crippen LogP contribution in [0.25, 0.3) is 5.69 Å². The van der Waals surface area contributed by atoms with Gasteiger partial charge in [0.25, 0.3) is 0 Å². The highest BCUT2D eigenvalue weighted by atomic mass is 35.5. The Balaban J connectivity index is 1.44. The van der Waals surface area contributed by atoms with Gasteiger partial charge in [0.15, 0.2) is 5.82 Å². The second-order valence-corrected chi connectivity index (χ2v) is 9.58. The molecule has 2 aromatic rings. The molecule has 26 heavy (non-hydrogen) atoms. The maximum atomic E-state index is 6.35. The van der Waals surface area contributed by atoms with Gasteiger partial charge in [-0.2, -0.15) is 0 Å². The van der Waals surface area contributed by atoms with Gasteiger partial charge in [-0.15, -0.1) is 10.2 Å². The summed E-state index contributed by atoms with van der Waals surface area (Å²) in [5.74, 6) is 2.77. The molecule has 5 nitrogen and oxygen atoms in total. The summed E-state index contributed by atoms with van der Waals surface area (Å²) in [6, 6.07) is 6.29. The fraction of sp³-hybridized carbons (Fsp3) is 0.600. The second kappa shape index (κ2) is 5.09. The van der Waals surface area contributed by atoms with Crippen LogP contribution in [0.5, 0.6) is 0 Å². The smallest absolute Gasteiger partial charge is 0.151 e. The Morgan fingerprint density at radius 2 is 1.96 bits per heavy atom. The van der Waals surface area contributed by atoms with Crippen LogP contribution in [-0.2, 0) is 13.1 Å². The van der Waals surface area contributed by atoms with E-state index in [1.807, 2.05) is 6.07 Å². The first-order valence-corrected chi connectivity index (χ1v) is 10.1. The Labute approximate surface area is 158 Å². The van der Waals surface area contributed by atoms with E-state index in [2.05, 4.69) is 44.0 Å². The molecule has 0 amide bonds. The van der Waals surface area contributed by atoms with Gasteiger partial charge in [0.05, 0.1) is 12.2 Å². The van der Waals surface area contributed by atoms with Gasteiger partial charge in [-0.3, -0.25) is 9.47 Å². The maximum absolute atomic E-state index is 6.35. The first-order chi connectivity index (χ1) is 12.6. The van der Waals surface area contributed by atoms with Crippen LogP contribution in [-0.4, -0.2) is 38.3 Å². The Morgan fingerprint density at radius 1 is 1.15 bits per heavy atom. The van der Waals surface area contributed by atoms with E-state index in [1.54, 1.807) is 0 Å². The van der Waals surface area contributed by atoms with E-state index in [1.165, 1.54) is 50.0 Å². The van der Waals surface area contributed by atoms with Crippen molar-refractivity contribution in [3.63, 3.8) is 0 Å². The lowest BCUT2D eigenvalue weighted by atomic mass is 9.58. The Kier molecular flexibility index (Phi) is 3.06. The molecule has 1 spiro atoms. The molecule has 0 bridgehead atoms. The number of nitrogens with zero attached hydrogens (tertiary/aromatic N) is 4. The number of benzene rings is 1. The van der Waals surface area contributed by atoms with Gasteiger partial charge >= 0.3 is 0 Å². The molecule has 2 aliphatic carbocycles. The van der Waals surface area contributed by atoms with E-state index in [4.69, 9.17) is 11.6 Å². The predicted molar refractivity (Wildman–Crippen MR) is 101 cm³/mol. The van der Waals surface area contributed by atoms with E-state index in [-0.39, 0.29) is 0 Å². The van der Waals surface area contributed by atoms with Gasteiger partial charge in [-0.25, -0.2) is 0 Å². The lowest BCUT2D eigenvalue weighted by Crippen LogP contribution is -2.59. The van der Waals surface area contributed by atoms with Crippen LogP contribution in [0.15, 0.2) is 18.2 Å². The Bertz CT molecular complexity index is 888. The monoisotopic (exact) mass is 369 g/mol. The zero-order valence-corrected chi connectivity index (χ0v) is 15.9. The van der Waals surface area contributed by atoms with Crippen LogP contribution in [0, 0.1) is 5.41 Å². The number of rotatable bonds is 2. The average molecular weight is 370 g/mol. The molecule has 2 saturated carbocycles. The van der Waals surface area contributed by atoms with Gasteiger partial charge in [0, 0.05) is 36.1 Å². The number of fused-ring (bicyclic) bond motifs is 3. The number of nitrogens with one attached hydrogen (secondary N) is 1. The summed E-state index contributed by atoms with van der Waals surface area (Å²) in [5, 5.41) is 13.6. The number of aromatic nitrogens is 3. The van der Waals surface area contributed by atoms with Crippen molar-refractivity contribution >= 4 is 11.6 Å². The third kappa shape index (κ3) is 2.17. The molecule has 2 aliphatic heterocycles. The first-order valence-electron chi connectivity index (χ1n) is 9.74. The largest absolute Gasteiger partial charge is 0.316 e. The summed E-state index contributed by atoms with van der Waals surface area (Å²) in [6.07, 6.45) is 5.01. The van der Waals surface area contributed by atoms with Crippen molar-refractivity contribution in [2.24, 2.45) is 5.41 Å². The quantitative estimate of drug-likeness (QED) is 0.882. The van der Waals surface area contributed by atoms with Crippen molar-refractivity contribution in [1.29, 1.82) is 0 Å². The van der Waals surface area contributed by atoms with Crippen LogP contribution in [0.3, 0.4) is 0 Å². The molecular weight excluding hydrogens is 346 g/mol. The van der Waals surface area contributed by atoms with E-state index in [0.717, 1.165) is 29.8 Å². The van der Waals surface area contributed by atoms with Crippen molar-refractivity contribution < 1.29 is 0 Å². The van der Waals surface area contributed by atoms with Crippen molar-refractivity contribution in [2.75, 3.05) is 13.1 Å². The van der Waals surface area contributed by atoms with E-state index in [0.29, 0.717) is 16.9 Å². The molecule has 136 valence electrons. The molecule has 4 aliphatic rings. The van der Waals surface area contributed by atoms with Crippen molar-refractivity contribution in [2.45, 2.75) is 57.2 Å². The van der Waals surface area contributed by atoms with Gasteiger partial charge in [0.2, 0.25) is 0 Å². The first kappa shape index (κ1) is 15.6. The lowest BCUT2D eigenvalue weighted by Gasteiger charge is -2.54. The van der Waals surface area contributed by atoms with Crippen LogP contribution >= 0.6 is 11.6 Å². The van der Waals surface area contributed by atoms with Gasteiger partial charge in [-0.1, -0.05) is 11.6 Å². The van der Waals surface area contributed by atoms with Crippen LogP contribution in [0.1, 0.15) is 55.7 Å². The molecule has 6 rings (SSSR count). The van der Waals surface area contributed by atoms with E-state index in [9.17, 15) is 0 Å². The highest BCUT2D eigenvalue weighted by molar-refractivity contribution is 6.30. The van der Waals surface area contributed by atoms with E-state index < -0.39 is 0 Å². The van der Waals surface area contributed by atoms with Crippen molar-refractivity contribution in [3.05, 3.63) is 40.4 Å². The third-order valence-corrected chi connectivity index (χ3v) is 7.43. The zero-order chi connectivity index (χ0) is 17.5. The summed E-state index contributed by atoms with van der Waals surface area (Å²) >= 11 is 6.35. The lowest BCUT2D eigenvalue weighted by molar-refractivity contribution is 0.0323. The average Bonchev–Trinajstić information content (AvgIpc) is 3.20. The summed E-state index contributed by atoms with van der Waals surface area (Å²) in [5.41, 5.74) is 3.37. The molecule has 1 N–H and O–H groups in total. The summed E-state index contributed by atoms with van der Waals surface area (Å²) in [7, 11) is 0. The fourth-order valence-corrected chi connectivity index (χ4v) is 5.30. The van der Waals surface area contributed by atoms with Gasteiger partial charge < -0.3 is 5.32 Å². The summed E-state index contributed by atoms with van der Waals surface area (Å²) < 4.78 is 2.35. The van der Waals surface area contributed by atoms with Gasteiger partial charge in [0.1, 0.15) is 5.82 Å². The molecule has 1 aromatic heterocycles. The minimum absolute atomic E-state index is 0.305. The molecule has 1 aromatic carbocycles. The second-order valence-electron chi connectivity index (χ2n) is 9.14. The van der Waals surface area contributed by atoms with Crippen LogP contribution in [0.2, 0.25) is 5.02 Å². The number of hydrogen-bond donors (Lipinski definition) is 1. The third-order valence-electron chi connectivity index (χ3n) is 7.19. The minimum Gasteiger partial charge on any atom is -0.316 e. The molecule has 3 fully saturated rings. The van der Waals surface area contributed by atoms with Crippen LogP contribution < -0.4 is 5.32 Å². The molecule has 0 unspecified atom stereocenters. The number of hydrogen-bond acceptors (Lipinski definition) is 4. The molecule has 3 heterocycles. The number of halogens is 1. The fourth-order valence-electron chi connectivity index (χ4n) is 5.10. The zero-order valence-electron chi connectivity index (χ0n) is 15.1. The molecule has 0 radical (unpaired) electrons. The molecule has 6 heteroatoms. The van der Waals surface area contributed by atoms with Gasteiger partial charge in [-0.05, 0) is 61.8 Å². The van der Waals surface area contributed by atoms with Crippen molar-refractivity contribution in [3.8, 4) is 5.69 Å². The SMILES string of the molecule is CC1(N2Cc3cc(Cl)ccc3-n3c(nnc3C3CC4(CNC4)C3)C2)CC1. The summed E-state index contributed by atoms with van der Waals surface area (Å²) in [4.78, 5) is 2.57. The summed E-state index contributed by atoms with van der Waals surface area (Å²) in [6.45, 7) is 6.51. The van der Waals surface area contributed by atoms with Crippen LogP contribution in [0.4, 0.5) is 0 Å². The molecular formula is C20H24ClN5. The minimum atomic E-state index is 0.305. The Hall–Kier alpha value is -1.43.